The van der Waals surface area contributed by atoms with Crippen LogP contribution < -0.4 is 5.32 Å². The predicted molar refractivity (Wildman–Crippen MR) is 107 cm³/mol. The number of thiophene rings is 1. The second-order valence-corrected chi connectivity index (χ2v) is 11.4. The molecule has 4 aliphatic carbocycles. The van der Waals surface area contributed by atoms with E-state index in [2.05, 4.69) is 21.2 Å². The number of hydrogen-bond donors (Lipinski definition) is 1. The molecular weight excluding hydrogens is 414 g/mol. The Morgan fingerprint density at radius 1 is 1.31 bits per heavy atom. The van der Waals surface area contributed by atoms with E-state index in [1.54, 1.807) is 6.92 Å². The van der Waals surface area contributed by atoms with Gasteiger partial charge in [0, 0.05) is 10.7 Å². The molecule has 4 fully saturated rings. The number of ether oxygens (including phenoxy) is 1. The van der Waals surface area contributed by atoms with Crippen LogP contribution in [-0.2, 0) is 9.53 Å². The van der Waals surface area contributed by atoms with Gasteiger partial charge in [0.2, 0.25) is 5.91 Å². The molecule has 0 radical (unpaired) electrons. The summed E-state index contributed by atoms with van der Waals surface area (Å²) in [5.41, 5.74) is 1.02. The molecule has 1 aromatic heterocycles. The number of amides is 1. The Balaban J connectivity index is 1.43. The molecule has 2 atom stereocenters. The van der Waals surface area contributed by atoms with Gasteiger partial charge >= 0.3 is 5.97 Å². The molecule has 0 spiro atoms. The molecule has 5 rings (SSSR count). The number of hydrogen-bond acceptors (Lipinski definition) is 4. The van der Waals surface area contributed by atoms with Crippen molar-refractivity contribution < 1.29 is 14.3 Å². The van der Waals surface area contributed by atoms with Crippen LogP contribution in [0.15, 0.2) is 6.07 Å². The molecule has 0 aliphatic heterocycles. The molecule has 0 aromatic carbocycles. The second kappa shape index (κ2) is 6.62. The zero-order chi connectivity index (χ0) is 18.5. The summed E-state index contributed by atoms with van der Waals surface area (Å²) in [6, 6.07) is 1.88. The average molecular weight is 440 g/mol. The first-order chi connectivity index (χ1) is 12.3. The van der Waals surface area contributed by atoms with Gasteiger partial charge in [-0.05, 0) is 81.3 Å². The Morgan fingerprint density at radius 3 is 2.62 bits per heavy atom. The summed E-state index contributed by atoms with van der Waals surface area (Å²) in [5, 5.41) is 3.79. The summed E-state index contributed by atoms with van der Waals surface area (Å²) < 4.78 is 5.35. The van der Waals surface area contributed by atoms with Gasteiger partial charge in [-0.1, -0.05) is 15.9 Å². The number of carbonyl (C=O) groups is 2. The van der Waals surface area contributed by atoms with E-state index in [4.69, 9.17) is 4.74 Å². The quantitative estimate of drug-likeness (QED) is 0.500. The van der Waals surface area contributed by atoms with Gasteiger partial charge in [0.05, 0.1) is 11.6 Å². The van der Waals surface area contributed by atoms with Crippen molar-refractivity contribution in [3.63, 3.8) is 0 Å². The van der Waals surface area contributed by atoms with Crippen molar-refractivity contribution in [2.24, 2.45) is 17.3 Å². The fraction of sp³-hybridized carbons (Fsp3) is 0.700. The van der Waals surface area contributed by atoms with Gasteiger partial charge in [0.15, 0.2) is 0 Å². The van der Waals surface area contributed by atoms with Crippen molar-refractivity contribution in [1.29, 1.82) is 0 Å². The Hall–Kier alpha value is -0.880. The Morgan fingerprint density at radius 2 is 2.00 bits per heavy atom. The van der Waals surface area contributed by atoms with E-state index in [0.717, 1.165) is 28.8 Å². The number of anilines is 1. The molecule has 4 bridgehead atoms. The van der Waals surface area contributed by atoms with Gasteiger partial charge in [0.1, 0.15) is 4.88 Å². The van der Waals surface area contributed by atoms with Crippen LogP contribution in [0.3, 0.4) is 0 Å². The minimum absolute atomic E-state index is 0.0831. The summed E-state index contributed by atoms with van der Waals surface area (Å²) in [4.78, 5) is 25.3. The van der Waals surface area contributed by atoms with Crippen LogP contribution >= 0.6 is 27.3 Å². The largest absolute Gasteiger partial charge is 0.462 e. The van der Waals surface area contributed by atoms with E-state index in [9.17, 15) is 9.59 Å². The van der Waals surface area contributed by atoms with E-state index < -0.39 is 0 Å². The number of rotatable bonds is 5. The lowest BCUT2D eigenvalue weighted by atomic mass is 9.48. The smallest absolute Gasteiger partial charge is 0.348 e. The fourth-order valence-corrected chi connectivity index (χ4v) is 8.50. The summed E-state index contributed by atoms with van der Waals surface area (Å²) in [6.07, 6.45) is 8.02. The molecule has 1 amide bonds. The van der Waals surface area contributed by atoms with Gasteiger partial charge in [-0.2, -0.15) is 0 Å². The van der Waals surface area contributed by atoms with Crippen molar-refractivity contribution in [2.45, 2.75) is 63.1 Å². The first-order valence-electron chi connectivity index (χ1n) is 9.56. The lowest BCUT2D eigenvalue weighted by Crippen LogP contribution is -2.53. The van der Waals surface area contributed by atoms with Crippen molar-refractivity contribution in [2.75, 3.05) is 11.9 Å². The molecule has 6 heteroatoms. The molecule has 1 N–H and O–H groups in total. The molecule has 142 valence electrons. The summed E-state index contributed by atoms with van der Waals surface area (Å²) in [7, 11) is 0. The zero-order valence-electron chi connectivity index (χ0n) is 15.4. The van der Waals surface area contributed by atoms with Crippen LogP contribution in [-0.4, -0.2) is 22.8 Å². The van der Waals surface area contributed by atoms with Crippen molar-refractivity contribution >= 4 is 44.1 Å². The standard InChI is InChI=1S/C20H26BrNO3S/c1-3-25-18(24)17-12(2)4-16(26-17)22-15(23)10-19-6-13-5-14(7-19)9-20(21,8-13)11-19/h4,13-14H,3,5-11H2,1-2H3,(H,22,23). The third-order valence-corrected chi connectivity index (χ3v) is 8.35. The van der Waals surface area contributed by atoms with Crippen LogP contribution in [0.2, 0.25) is 0 Å². The molecule has 0 saturated heterocycles. The maximum atomic E-state index is 12.8. The van der Waals surface area contributed by atoms with Gasteiger partial charge < -0.3 is 10.1 Å². The fourth-order valence-electron chi connectivity index (χ4n) is 6.01. The SMILES string of the molecule is CCOC(=O)c1sc(NC(=O)CC23CC4CC(CC(Br)(C4)C2)C3)cc1C. The van der Waals surface area contributed by atoms with Crippen molar-refractivity contribution in [1.82, 2.24) is 0 Å². The molecule has 1 heterocycles. The van der Waals surface area contributed by atoms with E-state index >= 15 is 0 Å². The molecule has 2 unspecified atom stereocenters. The highest BCUT2D eigenvalue weighted by atomic mass is 79.9. The maximum Gasteiger partial charge on any atom is 0.348 e. The van der Waals surface area contributed by atoms with E-state index in [1.165, 1.54) is 43.4 Å². The van der Waals surface area contributed by atoms with Crippen LogP contribution in [0.5, 0.6) is 0 Å². The van der Waals surface area contributed by atoms with Crippen LogP contribution in [0.4, 0.5) is 5.00 Å². The number of alkyl halides is 1. The first-order valence-corrected chi connectivity index (χ1v) is 11.2. The minimum atomic E-state index is -0.308. The Labute approximate surface area is 167 Å². The molecular formula is C20H26BrNO3S. The minimum Gasteiger partial charge on any atom is -0.462 e. The lowest BCUT2D eigenvalue weighted by Gasteiger charge is -2.60. The first kappa shape index (κ1) is 18.5. The average Bonchev–Trinajstić information content (AvgIpc) is 2.84. The number of esters is 1. The summed E-state index contributed by atoms with van der Waals surface area (Å²) in [5.74, 6) is 1.34. The Kier molecular flexibility index (Phi) is 4.71. The molecule has 4 nitrogen and oxygen atoms in total. The van der Waals surface area contributed by atoms with Gasteiger partial charge in [-0.25, -0.2) is 4.79 Å². The van der Waals surface area contributed by atoms with Gasteiger partial charge in [0.25, 0.3) is 0 Å². The van der Waals surface area contributed by atoms with Crippen LogP contribution in [0.1, 0.15) is 67.1 Å². The highest BCUT2D eigenvalue weighted by Crippen LogP contribution is 2.65. The molecule has 4 saturated carbocycles. The zero-order valence-corrected chi connectivity index (χ0v) is 17.8. The number of nitrogens with one attached hydrogen (secondary N) is 1. The number of halogens is 1. The topological polar surface area (TPSA) is 55.4 Å². The van der Waals surface area contributed by atoms with E-state index in [1.807, 2.05) is 13.0 Å². The van der Waals surface area contributed by atoms with Gasteiger partial charge in [-0.15, -0.1) is 11.3 Å². The highest BCUT2D eigenvalue weighted by Gasteiger charge is 2.57. The molecule has 26 heavy (non-hydrogen) atoms. The van der Waals surface area contributed by atoms with E-state index in [0.29, 0.717) is 17.9 Å². The normalized spacial score (nSPS) is 34.7. The lowest BCUT2D eigenvalue weighted by molar-refractivity contribution is -0.123. The number of carbonyl (C=O) groups excluding carboxylic acids is 2. The Bertz CT molecular complexity index is 729. The summed E-state index contributed by atoms with van der Waals surface area (Å²) in [6.45, 7) is 4.04. The predicted octanol–water partition coefficient (Wildman–Crippen LogP) is 5.30. The highest BCUT2D eigenvalue weighted by molar-refractivity contribution is 9.10. The third kappa shape index (κ3) is 3.47. The van der Waals surface area contributed by atoms with Crippen LogP contribution in [0, 0.1) is 24.2 Å². The monoisotopic (exact) mass is 439 g/mol. The molecule has 4 aliphatic rings. The van der Waals surface area contributed by atoms with Crippen molar-refractivity contribution in [3.05, 3.63) is 16.5 Å². The number of aryl methyl sites for hydroxylation is 1. The van der Waals surface area contributed by atoms with Crippen LogP contribution in [0.25, 0.3) is 0 Å². The summed E-state index contributed by atoms with van der Waals surface area (Å²) >= 11 is 5.32. The second-order valence-electron chi connectivity index (χ2n) is 8.68. The molecule has 1 aromatic rings. The van der Waals surface area contributed by atoms with Crippen molar-refractivity contribution in [3.8, 4) is 0 Å². The maximum absolute atomic E-state index is 12.8. The van der Waals surface area contributed by atoms with E-state index in [-0.39, 0.29) is 21.6 Å². The van der Waals surface area contributed by atoms with Gasteiger partial charge in [-0.3, -0.25) is 4.79 Å². The third-order valence-electron chi connectivity index (χ3n) is 6.29.